The first-order chi connectivity index (χ1) is 17.4. The van der Waals surface area contributed by atoms with Crippen LogP contribution in [-0.4, -0.2) is 32.9 Å². The third-order valence-corrected chi connectivity index (χ3v) is 7.24. The van der Waals surface area contributed by atoms with Crippen LogP contribution in [-0.2, 0) is 10.5 Å². The molecular formula is C25H22N4O6S. The summed E-state index contributed by atoms with van der Waals surface area (Å²) in [6.45, 7) is 0. The van der Waals surface area contributed by atoms with Crippen LogP contribution in [0.1, 0.15) is 41.9 Å². The van der Waals surface area contributed by atoms with Gasteiger partial charge in [0.2, 0.25) is 0 Å². The standard InChI is InChI=1S/C25H22N4O6S/c1-35-19-11-14(7-10-17(19)30)20-21-16(3-2-4-18(21)31)26-23-22(20)24(32)28-25(27-23)36-12-13-5-8-15(9-6-13)29(33)34/h5-11,20,30H,2-4,12H2,1H3,(H2,26,27,28,32). The number of fused-ring (bicyclic) bond motifs is 1. The van der Waals surface area contributed by atoms with E-state index >= 15 is 0 Å². The lowest BCUT2D eigenvalue weighted by molar-refractivity contribution is -0.384. The van der Waals surface area contributed by atoms with E-state index in [2.05, 4.69) is 15.3 Å². The monoisotopic (exact) mass is 506 g/mol. The number of non-ortho nitro benzene ring substituents is 1. The number of H-pyrrole nitrogens is 1. The number of ether oxygens (including phenoxy) is 1. The molecule has 0 spiro atoms. The smallest absolute Gasteiger partial charge is 0.269 e. The Kier molecular flexibility index (Phi) is 6.23. The average Bonchev–Trinajstić information content (AvgIpc) is 2.87. The Hall–Kier alpha value is -4.12. The van der Waals surface area contributed by atoms with Crippen LogP contribution in [0.3, 0.4) is 0 Å². The molecule has 0 bridgehead atoms. The van der Waals surface area contributed by atoms with Gasteiger partial charge in [-0.25, -0.2) is 4.98 Å². The number of hydrogen-bond donors (Lipinski definition) is 3. The fourth-order valence-corrected chi connectivity index (χ4v) is 5.40. The number of allylic oxidation sites excluding steroid dienone is 2. The topological polar surface area (TPSA) is 147 Å². The lowest BCUT2D eigenvalue weighted by Gasteiger charge is -2.33. The fourth-order valence-electron chi connectivity index (χ4n) is 4.58. The molecule has 11 heteroatoms. The Morgan fingerprint density at radius 1 is 1.19 bits per heavy atom. The third kappa shape index (κ3) is 4.33. The van der Waals surface area contributed by atoms with Crippen molar-refractivity contribution in [2.75, 3.05) is 12.4 Å². The number of nitro benzene ring substituents is 1. The van der Waals surface area contributed by atoms with E-state index in [1.807, 2.05) is 0 Å². The van der Waals surface area contributed by atoms with Crippen LogP contribution in [0.4, 0.5) is 11.5 Å². The number of phenolic OH excluding ortho intramolecular Hbond substituents is 1. The second-order valence-corrected chi connectivity index (χ2v) is 9.47. The zero-order valence-corrected chi connectivity index (χ0v) is 20.1. The summed E-state index contributed by atoms with van der Waals surface area (Å²) < 4.78 is 5.26. The van der Waals surface area contributed by atoms with Gasteiger partial charge in [0, 0.05) is 41.5 Å². The number of aromatic nitrogens is 2. The van der Waals surface area contributed by atoms with Crippen molar-refractivity contribution in [3.8, 4) is 11.5 Å². The van der Waals surface area contributed by atoms with E-state index < -0.39 is 10.8 Å². The van der Waals surface area contributed by atoms with Crippen LogP contribution < -0.4 is 15.6 Å². The molecule has 1 atom stereocenters. The Bertz CT molecular complexity index is 1460. The summed E-state index contributed by atoms with van der Waals surface area (Å²) in [6, 6.07) is 11.0. The Morgan fingerprint density at radius 3 is 2.69 bits per heavy atom. The first-order valence-corrected chi connectivity index (χ1v) is 12.2. The van der Waals surface area contributed by atoms with Crippen molar-refractivity contribution in [2.45, 2.75) is 36.1 Å². The minimum atomic E-state index is -0.650. The molecule has 3 N–H and O–H groups in total. The average molecular weight is 507 g/mol. The number of anilines is 1. The number of thioether (sulfide) groups is 1. The highest BCUT2D eigenvalue weighted by atomic mass is 32.2. The van der Waals surface area contributed by atoms with Gasteiger partial charge in [-0.15, -0.1) is 0 Å². The minimum absolute atomic E-state index is 0.0104. The molecule has 1 aromatic heterocycles. The molecule has 36 heavy (non-hydrogen) atoms. The van der Waals surface area contributed by atoms with Crippen molar-refractivity contribution < 1.29 is 19.6 Å². The maximum atomic E-state index is 13.4. The molecule has 0 saturated carbocycles. The van der Waals surface area contributed by atoms with Crippen molar-refractivity contribution in [2.24, 2.45) is 0 Å². The number of ketones is 1. The molecule has 10 nitrogen and oxygen atoms in total. The first-order valence-electron chi connectivity index (χ1n) is 11.3. The van der Waals surface area contributed by atoms with Gasteiger partial charge in [-0.2, -0.15) is 0 Å². The third-order valence-electron chi connectivity index (χ3n) is 6.30. The van der Waals surface area contributed by atoms with Gasteiger partial charge >= 0.3 is 0 Å². The Balaban J connectivity index is 1.52. The van der Waals surface area contributed by atoms with E-state index in [0.717, 1.165) is 11.3 Å². The summed E-state index contributed by atoms with van der Waals surface area (Å²) in [4.78, 5) is 44.2. The number of nitrogens with zero attached hydrogens (tertiary/aromatic N) is 2. The van der Waals surface area contributed by atoms with Gasteiger partial charge in [-0.05, 0) is 36.1 Å². The quantitative estimate of drug-likeness (QED) is 0.193. The summed E-state index contributed by atoms with van der Waals surface area (Å²) >= 11 is 1.30. The summed E-state index contributed by atoms with van der Waals surface area (Å²) in [5.41, 5.74) is 2.75. The molecular weight excluding hydrogens is 484 g/mol. The van der Waals surface area contributed by atoms with Crippen LogP contribution in [0.15, 0.2) is 63.7 Å². The molecule has 0 amide bonds. The minimum Gasteiger partial charge on any atom is -0.504 e. The summed E-state index contributed by atoms with van der Waals surface area (Å²) in [5, 5.41) is 24.5. The molecule has 5 rings (SSSR count). The summed E-state index contributed by atoms with van der Waals surface area (Å²) in [5.74, 6) is 0.369. The number of carbonyl (C=O) groups excluding carboxylic acids is 1. The molecule has 1 aliphatic carbocycles. The van der Waals surface area contributed by atoms with Crippen LogP contribution >= 0.6 is 11.8 Å². The van der Waals surface area contributed by atoms with Gasteiger partial charge in [0.1, 0.15) is 5.82 Å². The lowest BCUT2D eigenvalue weighted by atomic mass is 9.76. The fraction of sp³-hybridized carbons (Fsp3) is 0.240. The number of methoxy groups -OCH3 is 1. The van der Waals surface area contributed by atoms with Crippen molar-refractivity contribution in [3.63, 3.8) is 0 Å². The van der Waals surface area contributed by atoms with E-state index in [-0.39, 0.29) is 28.5 Å². The van der Waals surface area contributed by atoms with Crippen LogP contribution in [0.25, 0.3) is 0 Å². The molecule has 2 heterocycles. The number of benzene rings is 2. The number of Topliss-reactive ketones (excluding diaryl/α,β-unsaturated/α-hetero) is 1. The SMILES string of the molecule is COc1cc(C2C3=C(CCCC3=O)Nc3nc(SCc4ccc([N+](=O)[O-])cc4)[nH]c(=O)c32)ccc1O. The number of carbonyl (C=O) groups is 1. The highest BCUT2D eigenvalue weighted by molar-refractivity contribution is 7.98. The van der Waals surface area contributed by atoms with Gasteiger partial charge in [0.25, 0.3) is 11.2 Å². The van der Waals surface area contributed by atoms with Gasteiger partial charge in [0.15, 0.2) is 22.4 Å². The molecule has 184 valence electrons. The first kappa shape index (κ1) is 23.6. The predicted molar refractivity (Wildman–Crippen MR) is 134 cm³/mol. The van der Waals surface area contributed by atoms with E-state index in [0.29, 0.717) is 52.7 Å². The normalized spacial score (nSPS) is 16.7. The maximum absolute atomic E-state index is 13.4. The number of aromatic amines is 1. The van der Waals surface area contributed by atoms with E-state index in [9.17, 15) is 24.8 Å². The Labute approximate surface area is 209 Å². The molecule has 0 radical (unpaired) electrons. The van der Waals surface area contributed by atoms with Crippen molar-refractivity contribution in [1.29, 1.82) is 0 Å². The zero-order chi connectivity index (χ0) is 25.4. The predicted octanol–water partition coefficient (Wildman–Crippen LogP) is 4.25. The van der Waals surface area contributed by atoms with Gasteiger partial charge in [-0.3, -0.25) is 19.7 Å². The Morgan fingerprint density at radius 2 is 1.97 bits per heavy atom. The van der Waals surface area contributed by atoms with Crippen molar-refractivity contribution >= 4 is 29.1 Å². The van der Waals surface area contributed by atoms with Gasteiger partial charge in [-0.1, -0.05) is 30.0 Å². The highest BCUT2D eigenvalue weighted by Gasteiger charge is 2.38. The zero-order valence-electron chi connectivity index (χ0n) is 19.2. The van der Waals surface area contributed by atoms with Crippen molar-refractivity contribution in [1.82, 2.24) is 9.97 Å². The second-order valence-electron chi connectivity index (χ2n) is 8.50. The number of hydrogen-bond acceptors (Lipinski definition) is 9. The van der Waals surface area contributed by atoms with E-state index in [1.54, 1.807) is 24.3 Å². The van der Waals surface area contributed by atoms with Gasteiger partial charge < -0.3 is 20.1 Å². The van der Waals surface area contributed by atoms with Crippen LogP contribution in [0, 0.1) is 10.1 Å². The van der Waals surface area contributed by atoms with E-state index in [1.165, 1.54) is 37.1 Å². The number of phenols is 1. The molecule has 2 aromatic carbocycles. The lowest BCUT2D eigenvalue weighted by Crippen LogP contribution is -2.32. The molecule has 2 aliphatic rings. The van der Waals surface area contributed by atoms with Crippen LogP contribution in [0.2, 0.25) is 0 Å². The summed E-state index contributed by atoms with van der Waals surface area (Å²) in [6.07, 6.45) is 1.76. The summed E-state index contributed by atoms with van der Waals surface area (Å²) in [7, 11) is 1.44. The highest BCUT2D eigenvalue weighted by Crippen LogP contribution is 2.45. The number of rotatable bonds is 6. The molecule has 1 aliphatic heterocycles. The number of aromatic hydroxyl groups is 1. The van der Waals surface area contributed by atoms with Crippen molar-refractivity contribution in [3.05, 3.63) is 90.9 Å². The maximum Gasteiger partial charge on any atom is 0.269 e. The second kappa shape index (κ2) is 9.50. The molecule has 3 aromatic rings. The van der Waals surface area contributed by atoms with Gasteiger partial charge in [0.05, 0.1) is 17.6 Å². The largest absolute Gasteiger partial charge is 0.504 e. The molecule has 0 fully saturated rings. The molecule has 1 unspecified atom stereocenters. The number of nitro groups is 1. The number of nitrogens with one attached hydrogen (secondary N) is 2. The van der Waals surface area contributed by atoms with E-state index in [4.69, 9.17) is 4.74 Å². The van der Waals surface area contributed by atoms with Crippen LogP contribution in [0.5, 0.6) is 11.5 Å². The molecule has 0 saturated heterocycles.